The van der Waals surface area contributed by atoms with Gasteiger partial charge in [0, 0.05) is 18.0 Å². The van der Waals surface area contributed by atoms with E-state index in [1.54, 1.807) is 11.1 Å². The van der Waals surface area contributed by atoms with Crippen LogP contribution in [-0.4, -0.2) is 35.1 Å². The third kappa shape index (κ3) is 3.20. The van der Waals surface area contributed by atoms with E-state index in [9.17, 15) is 4.79 Å². The Morgan fingerprint density at radius 3 is 2.48 bits per heavy atom. The van der Waals surface area contributed by atoms with Gasteiger partial charge in [-0.05, 0) is 61.4 Å². The second kappa shape index (κ2) is 7.41. The van der Waals surface area contributed by atoms with Crippen LogP contribution >= 0.6 is 0 Å². The molecule has 4 heterocycles. The standard InChI is InChI=1S/C26H22N6O/c1-17-9-10-19(13-18(17)2)32-25(30-11-5-6-12-30)20-15-31(16-24(20)29-32)26(33)23-14-27-21-7-3-4-8-22(21)28-23/h3-14H,15-16H2,1-2H3. The van der Waals surface area contributed by atoms with Crippen molar-refractivity contribution >= 4 is 16.9 Å². The summed E-state index contributed by atoms with van der Waals surface area (Å²) in [6, 6.07) is 17.9. The van der Waals surface area contributed by atoms with Crippen LogP contribution in [0.1, 0.15) is 32.9 Å². The zero-order chi connectivity index (χ0) is 22.5. The van der Waals surface area contributed by atoms with Gasteiger partial charge in [-0.15, -0.1) is 0 Å². The van der Waals surface area contributed by atoms with Crippen LogP contribution in [0.4, 0.5) is 0 Å². The molecular formula is C26H22N6O. The Morgan fingerprint density at radius 1 is 0.909 bits per heavy atom. The summed E-state index contributed by atoms with van der Waals surface area (Å²) in [7, 11) is 0. The van der Waals surface area contributed by atoms with Crippen molar-refractivity contribution in [3.63, 3.8) is 0 Å². The Morgan fingerprint density at radius 2 is 1.70 bits per heavy atom. The van der Waals surface area contributed by atoms with Crippen molar-refractivity contribution in [3.05, 3.63) is 101 Å². The molecule has 0 unspecified atom stereocenters. The molecule has 0 radical (unpaired) electrons. The van der Waals surface area contributed by atoms with Crippen molar-refractivity contribution in [1.29, 1.82) is 0 Å². The molecule has 0 atom stereocenters. The van der Waals surface area contributed by atoms with Crippen molar-refractivity contribution in [2.45, 2.75) is 26.9 Å². The molecule has 1 amide bonds. The van der Waals surface area contributed by atoms with Gasteiger partial charge in [-0.3, -0.25) is 9.78 Å². The number of amides is 1. The molecule has 3 aromatic heterocycles. The largest absolute Gasteiger partial charge is 0.327 e. The van der Waals surface area contributed by atoms with E-state index in [4.69, 9.17) is 5.10 Å². The first-order valence-electron chi connectivity index (χ1n) is 10.9. The molecule has 0 fully saturated rings. The second-order valence-electron chi connectivity index (χ2n) is 8.42. The highest BCUT2D eigenvalue weighted by molar-refractivity contribution is 5.94. The molecular weight excluding hydrogens is 412 g/mol. The van der Waals surface area contributed by atoms with E-state index in [0.717, 1.165) is 28.3 Å². The van der Waals surface area contributed by atoms with Crippen LogP contribution in [-0.2, 0) is 13.1 Å². The molecule has 162 valence electrons. The monoisotopic (exact) mass is 434 g/mol. The minimum Gasteiger partial charge on any atom is -0.327 e. The number of rotatable bonds is 3. The van der Waals surface area contributed by atoms with Gasteiger partial charge in [0.05, 0.1) is 41.7 Å². The van der Waals surface area contributed by atoms with Crippen LogP contribution in [0.3, 0.4) is 0 Å². The number of nitrogens with zero attached hydrogens (tertiary/aromatic N) is 6. The lowest BCUT2D eigenvalue weighted by molar-refractivity contribution is 0.0743. The van der Waals surface area contributed by atoms with Crippen LogP contribution in [0.15, 0.2) is 73.2 Å². The molecule has 6 rings (SSSR count). The summed E-state index contributed by atoms with van der Waals surface area (Å²) >= 11 is 0. The van der Waals surface area contributed by atoms with E-state index < -0.39 is 0 Å². The Balaban J connectivity index is 1.38. The van der Waals surface area contributed by atoms with Gasteiger partial charge in [0.25, 0.3) is 5.91 Å². The van der Waals surface area contributed by atoms with Gasteiger partial charge in [-0.2, -0.15) is 5.10 Å². The van der Waals surface area contributed by atoms with Crippen LogP contribution in [0.5, 0.6) is 0 Å². The van der Waals surface area contributed by atoms with Crippen molar-refractivity contribution in [2.24, 2.45) is 0 Å². The summed E-state index contributed by atoms with van der Waals surface area (Å²) in [4.78, 5) is 24.0. The van der Waals surface area contributed by atoms with E-state index in [2.05, 4.69) is 46.6 Å². The fourth-order valence-electron chi connectivity index (χ4n) is 4.35. The smallest absolute Gasteiger partial charge is 0.274 e. The third-order valence-corrected chi connectivity index (χ3v) is 6.27. The summed E-state index contributed by atoms with van der Waals surface area (Å²) in [5, 5.41) is 4.93. The number of carbonyl (C=O) groups excluding carboxylic acids is 1. The first-order valence-corrected chi connectivity index (χ1v) is 10.9. The zero-order valence-electron chi connectivity index (χ0n) is 18.4. The number of carbonyl (C=O) groups is 1. The lowest BCUT2D eigenvalue weighted by Crippen LogP contribution is -2.27. The Hall–Kier alpha value is -4.26. The van der Waals surface area contributed by atoms with Crippen molar-refractivity contribution in [1.82, 2.24) is 29.2 Å². The highest BCUT2D eigenvalue weighted by Crippen LogP contribution is 2.31. The predicted octanol–water partition coefficient (Wildman–Crippen LogP) is 4.38. The maximum Gasteiger partial charge on any atom is 0.274 e. The van der Waals surface area contributed by atoms with Gasteiger partial charge in [0.1, 0.15) is 11.5 Å². The van der Waals surface area contributed by atoms with E-state index in [-0.39, 0.29) is 5.91 Å². The summed E-state index contributed by atoms with van der Waals surface area (Å²) in [5.41, 5.74) is 7.26. The minimum absolute atomic E-state index is 0.137. The normalized spacial score (nSPS) is 13.0. The fourth-order valence-corrected chi connectivity index (χ4v) is 4.35. The van der Waals surface area contributed by atoms with Crippen LogP contribution in [0.2, 0.25) is 0 Å². The van der Waals surface area contributed by atoms with Crippen molar-refractivity contribution in [3.8, 4) is 11.5 Å². The number of hydrogen-bond donors (Lipinski definition) is 0. The van der Waals surface area contributed by atoms with Gasteiger partial charge < -0.3 is 9.47 Å². The maximum absolute atomic E-state index is 13.3. The van der Waals surface area contributed by atoms with E-state index >= 15 is 0 Å². The van der Waals surface area contributed by atoms with Gasteiger partial charge in [0.15, 0.2) is 0 Å². The zero-order valence-corrected chi connectivity index (χ0v) is 18.4. The maximum atomic E-state index is 13.3. The number of benzene rings is 2. The molecule has 7 nitrogen and oxygen atoms in total. The molecule has 33 heavy (non-hydrogen) atoms. The molecule has 0 bridgehead atoms. The number of aryl methyl sites for hydroxylation is 2. The second-order valence-corrected chi connectivity index (χ2v) is 8.42. The molecule has 0 saturated carbocycles. The topological polar surface area (TPSA) is 68.8 Å². The lowest BCUT2D eigenvalue weighted by Gasteiger charge is -2.17. The number of aromatic nitrogens is 5. The number of hydrogen-bond acceptors (Lipinski definition) is 4. The van der Waals surface area contributed by atoms with E-state index in [1.807, 2.05) is 53.5 Å². The highest BCUT2D eigenvalue weighted by atomic mass is 16.2. The Labute approximate surface area is 190 Å². The Kier molecular flexibility index (Phi) is 4.36. The van der Waals surface area contributed by atoms with Crippen molar-refractivity contribution in [2.75, 3.05) is 0 Å². The fraction of sp³-hybridized carbons (Fsp3) is 0.154. The van der Waals surface area contributed by atoms with E-state index in [0.29, 0.717) is 24.3 Å². The van der Waals surface area contributed by atoms with Gasteiger partial charge in [-0.25, -0.2) is 9.67 Å². The summed E-state index contributed by atoms with van der Waals surface area (Å²) in [6.45, 7) is 5.13. The molecule has 1 aliphatic rings. The SMILES string of the molecule is Cc1ccc(-n2nc3c(c2-n2cccc2)CN(C(=O)c2cnc4ccccc4n2)C3)cc1C. The third-order valence-electron chi connectivity index (χ3n) is 6.27. The minimum atomic E-state index is -0.137. The quantitative estimate of drug-likeness (QED) is 0.423. The molecule has 0 spiro atoms. The molecule has 2 aromatic carbocycles. The van der Waals surface area contributed by atoms with Crippen LogP contribution < -0.4 is 0 Å². The molecule has 0 N–H and O–H groups in total. The molecule has 0 saturated heterocycles. The average Bonchev–Trinajstić information content (AvgIpc) is 3.56. The highest BCUT2D eigenvalue weighted by Gasteiger charge is 2.32. The van der Waals surface area contributed by atoms with E-state index in [1.165, 1.54) is 11.1 Å². The summed E-state index contributed by atoms with van der Waals surface area (Å²) in [6.07, 6.45) is 5.57. The lowest BCUT2D eigenvalue weighted by atomic mass is 10.1. The van der Waals surface area contributed by atoms with Crippen LogP contribution in [0.25, 0.3) is 22.5 Å². The molecule has 7 heteroatoms. The number of fused-ring (bicyclic) bond motifs is 2. The molecule has 0 aliphatic carbocycles. The summed E-state index contributed by atoms with van der Waals surface area (Å²) < 4.78 is 4.04. The van der Waals surface area contributed by atoms with Gasteiger partial charge >= 0.3 is 0 Å². The number of para-hydroxylation sites is 2. The Bertz CT molecular complexity index is 1520. The van der Waals surface area contributed by atoms with Crippen molar-refractivity contribution < 1.29 is 4.79 Å². The summed E-state index contributed by atoms with van der Waals surface area (Å²) in [5.74, 6) is 0.820. The van der Waals surface area contributed by atoms with Crippen LogP contribution in [0, 0.1) is 13.8 Å². The first-order chi connectivity index (χ1) is 16.1. The molecule has 5 aromatic rings. The molecule has 1 aliphatic heterocycles. The van der Waals surface area contributed by atoms with Gasteiger partial charge in [-0.1, -0.05) is 18.2 Å². The predicted molar refractivity (Wildman–Crippen MR) is 125 cm³/mol. The average molecular weight is 435 g/mol. The van der Waals surface area contributed by atoms with Gasteiger partial charge in [0.2, 0.25) is 0 Å². The first kappa shape index (κ1) is 19.4.